The van der Waals surface area contributed by atoms with Gasteiger partial charge in [-0.3, -0.25) is 4.79 Å². The summed E-state index contributed by atoms with van der Waals surface area (Å²) in [4.78, 5) is 12.9. The summed E-state index contributed by atoms with van der Waals surface area (Å²) < 4.78 is 5.77. The van der Waals surface area contributed by atoms with E-state index in [0.29, 0.717) is 6.61 Å². The zero-order chi connectivity index (χ0) is 27.8. The summed E-state index contributed by atoms with van der Waals surface area (Å²) in [6.45, 7) is 7.47. The van der Waals surface area contributed by atoms with E-state index >= 15 is 0 Å². The molecule has 0 spiro atoms. The van der Waals surface area contributed by atoms with Crippen molar-refractivity contribution < 1.29 is 9.53 Å². The van der Waals surface area contributed by atoms with Crippen LogP contribution in [-0.2, 0) is 9.53 Å². The van der Waals surface area contributed by atoms with Crippen molar-refractivity contribution >= 4 is 5.97 Å². The summed E-state index contributed by atoms with van der Waals surface area (Å²) in [5.41, 5.74) is 0. The number of rotatable bonds is 32. The fourth-order valence-corrected chi connectivity index (χ4v) is 5.66. The van der Waals surface area contributed by atoms with Gasteiger partial charge < -0.3 is 4.74 Å². The second kappa shape index (κ2) is 32.7. The van der Waals surface area contributed by atoms with E-state index < -0.39 is 0 Å². The fraction of sp³-hybridized carbons (Fsp3) is 0.972. The van der Waals surface area contributed by atoms with Crippen molar-refractivity contribution in [3.8, 4) is 0 Å². The maximum Gasteiger partial charge on any atom is 0.308 e. The lowest BCUT2D eigenvalue weighted by Gasteiger charge is -2.16. The molecule has 228 valence electrons. The number of carbonyl (C=O) groups is 1. The average Bonchev–Trinajstić information content (AvgIpc) is 2.92. The van der Waals surface area contributed by atoms with Crippen molar-refractivity contribution in [1.82, 2.24) is 0 Å². The zero-order valence-electron chi connectivity index (χ0n) is 26.8. The molecular formula is C36H72O2. The van der Waals surface area contributed by atoms with Gasteiger partial charge in [0.2, 0.25) is 0 Å². The van der Waals surface area contributed by atoms with E-state index in [-0.39, 0.29) is 11.9 Å². The first-order valence-corrected chi connectivity index (χ1v) is 17.9. The first-order valence-electron chi connectivity index (χ1n) is 17.9. The minimum Gasteiger partial charge on any atom is -0.465 e. The van der Waals surface area contributed by atoms with Gasteiger partial charge in [0.1, 0.15) is 0 Å². The van der Waals surface area contributed by atoms with Crippen LogP contribution < -0.4 is 0 Å². The molecule has 38 heavy (non-hydrogen) atoms. The molecule has 0 radical (unpaired) electrons. The highest BCUT2D eigenvalue weighted by molar-refractivity contribution is 5.72. The molecule has 0 N–H and O–H groups in total. The van der Waals surface area contributed by atoms with Crippen LogP contribution in [0, 0.1) is 5.92 Å². The van der Waals surface area contributed by atoms with Gasteiger partial charge in [-0.1, -0.05) is 194 Å². The maximum absolute atomic E-state index is 12.9. The van der Waals surface area contributed by atoms with Gasteiger partial charge in [0.05, 0.1) is 12.5 Å². The van der Waals surface area contributed by atoms with Crippen LogP contribution in [0.15, 0.2) is 0 Å². The highest BCUT2D eigenvalue weighted by Crippen LogP contribution is 2.22. The average molecular weight is 537 g/mol. The van der Waals surface area contributed by atoms with Gasteiger partial charge in [-0.2, -0.15) is 0 Å². The van der Waals surface area contributed by atoms with Crippen LogP contribution in [0.25, 0.3) is 0 Å². The van der Waals surface area contributed by atoms with Crippen molar-refractivity contribution in [3.63, 3.8) is 0 Å². The summed E-state index contributed by atoms with van der Waals surface area (Å²) in [6, 6.07) is 0. The van der Waals surface area contributed by atoms with E-state index in [1.165, 1.54) is 173 Å². The number of carbonyl (C=O) groups excluding carboxylic acids is 1. The normalized spacial score (nSPS) is 12.2. The Kier molecular flexibility index (Phi) is 32.2. The molecule has 0 heterocycles. The Balaban J connectivity index is 4.02. The van der Waals surface area contributed by atoms with Gasteiger partial charge in [0.15, 0.2) is 0 Å². The molecule has 0 rings (SSSR count). The van der Waals surface area contributed by atoms with Crippen molar-refractivity contribution in [2.24, 2.45) is 5.92 Å². The molecule has 0 saturated heterocycles. The van der Waals surface area contributed by atoms with Crippen LogP contribution in [0.1, 0.15) is 213 Å². The number of hydrogen-bond donors (Lipinski definition) is 0. The van der Waals surface area contributed by atoms with Gasteiger partial charge in [-0.05, 0) is 19.3 Å². The standard InChI is InChI=1S/C36H72O2/c1-4-7-10-13-16-18-20-21-23-25-27-30-33-35(36(37)38-34-31-28-15-12-9-6-3)32-29-26-24-22-19-17-14-11-8-5-2/h35H,4-34H2,1-3H3. The number of unbranched alkanes of at least 4 members (excludes halogenated alkanes) is 25. The molecule has 0 saturated carbocycles. The summed E-state index contributed by atoms with van der Waals surface area (Å²) in [6.07, 6.45) is 39.6. The molecule has 0 aromatic heterocycles. The molecular weight excluding hydrogens is 464 g/mol. The topological polar surface area (TPSA) is 26.3 Å². The van der Waals surface area contributed by atoms with Gasteiger partial charge in [-0.25, -0.2) is 0 Å². The quantitative estimate of drug-likeness (QED) is 0.0631. The second-order valence-electron chi connectivity index (χ2n) is 12.3. The van der Waals surface area contributed by atoms with Crippen LogP contribution in [0.2, 0.25) is 0 Å². The lowest BCUT2D eigenvalue weighted by molar-refractivity contribution is -0.149. The summed E-state index contributed by atoms with van der Waals surface area (Å²) in [7, 11) is 0. The van der Waals surface area contributed by atoms with E-state index in [4.69, 9.17) is 4.74 Å². The third kappa shape index (κ3) is 28.5. The first kappa shape index (κ1) is 37.5. The number of ether oxygens (including phenoxy) is 1. The van der Waals surface area contributed by atoms with Gasteiger partial charge in [0.25, 0.3) is 0 Å². The molecule has 0 bridgehead atoms. The Bertz CT molecular complexity index is 447. The lowest BCUT2D eigenvalue weighted by atomic mass is 9.94. The minimum absolute atomic E-state index is 0.109. The van der Waals surface area contributed by atoms with E-state index in [2.05, 4.69) is 20.8 Å². The summed E-state index contributed by atoms with van der Waals surface area (Å²) in [5, 5.41) is 0. The Hall–Kier alpha value is -0.530. The van der Waals surface area contributed by atoms with Crippen LogP contribution in [-0.4, -0.2) is 12.6 Å². The molecule has 1 unspecified atom stereocenters. The second-order valence-corrected chi connectivity index (χ2v) is 12.3. The van der Waals surface area contributed by atoms with Crippen molar-refractivity contribution in [2.45, 2.75) is 213 Å². The Morgan fingerprint density at radius 1 is 0.395 bits per heavy atom. The monoisotopic (exact) mass is 537 g/mol. The Labute approximate surface area is 241 Å². The third-order valence-electron chi connectivity index (χ3n) is 8.39. The highest BCUT2D eigenvalue weighted by Gasteiger charge is 2.19. The highest BCUT2D eigenvalue weighted by atomic mass is 16.5. The zero-order valence-corrected chi connectivity index (χ0v) is 26.8. The molecule has 0 aliphatic heterocycles. The Morgan fingerprint density at radius 2 is 0.658 bits per heavy atom. The van der Waals surface area contributed by atoms with E-state index in [1.807, 2.05) is 0 Å². The molecule has 0 amide bonds. The SMILES string of the molecule is CCCCCCCCCCCCCCC(CCCCCCCCCCCC)C(=O)OCCCCCCCC. The third-order valence-corrected chi connectivity index (χ3v) is 8.39. The number of esters is 1. The molecule has 1 atom stereocenters. The van der Waals surface area contributed by atoms with Gasteiger partial charge in [-0.15, -0.1) is 0 Å². The molecule has 0 aliphatic rings. The molecule has 2 nitrogen and oxygen atoms in total. The molecule has 0 aromatic carbocycles. The number of hydrogen-bond acceptors (Lipinski definition) is 2. The molecule has 0 fully saturated rings. The van der Waals surface area contributed by atoms with Gasteiger partial charge >= 0.3 is 5.97 Å². The van der Waals surface area contributed by atoms with Crippen LogP contribution in [0.4, 0.5) is 0 Å². The van der Waals surface area contributed by atoms with E-state index in [0.717, 1.165) is 19.3 Å². The first-order chi connectivity index (χ1) is 18.8. The van der Waals surface area contributed by atoms with Crippen LogP contribution in [0.5, 0.6) is 0 Å². The van der Waals surface area contributed by atoms with Crippen molar-refractivity contribution in [1.29, 1.82) is 0 Å². The van der Waals surface area contributed by atoms with Crippen molar-refractivity contribution in [3.05, 3.63) is 0 Å². The van der Waals surface area contributed by atoms with Crippen LogP contribution >= 0.6 is 0 Å². The predicted molar refractivity (Wildman–Crippen MR) is 170 cm³/mol. The van der Waals surface area contributed by atoms with Crippen LogP contribution in [0.3, 0.4) is 0 Å². The summed E-state index contributed by atoms with van der Waals surface area (Å²) >= 11 is 0. The molecule has 0 aromatic rings. The summed E-state index contributed by atoms with van der Waals surface area (Å²) in [5.74, 6) is 0.254. The fourth-order valence-electron chi connectivity index (χ4n) is 5.66. The minimum atomic E-state index is 0.109. The van der Waals surface area contributed by atoms with Crippen molar-refractivity contribution in [2.75, 3.05) is 6.61 Å². The lowest BCUT2D eigenvalue weighted by Crippen LogP contribution is -2.18. The Morgan fingerprint density at radius 3 is 0.974 bits per heavy atom. The predicted octanol–water partition coefficient (Wildman–Crippen LogP) is 12.9. The smallest absolute Gasteiger partial charge is 0.308 e. The van der Waals surface area contributed by atoms with E-state index in [1.54, 1.807) is 0 Å². The van der Waals surface area contributed by atoms with Gasteiger partial charge in [0, 0.05) is 0 Å². The molecule has 0 aliphatic carbocycles. The largest absolute Gasteiger partial charge is 0.465 e. The molecule has 2 heteroatoms. The van der Waals surface area contributed by atoms with E-state index in [9.17, 15) is 4.79 Å². The maximum atomic E-state index is 12.9.